The maximum atomic E-state index is 12.6. The van der Waals surface area contributed by atoms with Crippen LogP contribution in [0.1, 0.15) is 23.3 Å². The van der Waals surface area contributed by atoms with Crippen molar-refractivity contribution < 1.29 is 23.7 Å². The van der Waals surface area contributed by atoms with Crippen molar-refractivity contribution >= 4 is 16.8 Å². The van der Waals surface area contributed by atoms with Crippen molar-refractivity contribution in [1.29, 1.82) is 0 Å². The van der Waals surface area contributed by atoms with Crippen molar-refractivity contribution in [2.24, 2.45) is 0 Å². The summed E-state index contributed by atoms with van der Waals surface area (Å²) in [6, 6.07) is 3.53. The highest BCUT2D eigenvalue weighted by Crippen LogP contribution is 2.41. The van der Waals surface area contributed by atoms with Gasteiger partial charge in [-0.3, -0.25) is 9.69 Å². The molecule has 3 rings (SSSR count). The van der Waals surface area contributed by atoms with Gasteiger partial charge in [-0.15, -0.1) is 0 Å². The molecule has 8 nitrogen and oxygen atoms in total. The lowest BCUT2D eigenvalue weighted by atomic mass is 10.2. The molecule has 1 aliphatic rings. The van der Waals surface area contributed by atoms with Crippen molar-refractivity contribution in [1.82, 2.24) is 15.2 Å². The third-order valence-electron chi connectivity index (χ3n) is 4.98. The van der Waals surface area contributed by atoms with Crippen LogP contribution < -0.4 is 19.5 Å². The number of aromatic nitrogens is 1. The zero-order valence-electron chi connectivity index (χ0n) is 16.8. The number of H-pyrrole nitrogens is 1. The molecule has 154 valence electrons. The summed E-state index contributed by atoms with van der Waals surface area (Å²) in [5.74, 6) is 1.56. The van der Waals surface area contributed by atoms with Gasteiger partial charge in [0.2, 0.25) is 0 Å². The van der Waals surface area contributed by atoms with Crippen molar-refractivity contribution in [3.05, 3.63) is 17.8 Å². The summed E-state index contributed by atoms with van der Waals surface area (Å²) in [5, 5.41) is 3.75. The van der Waals surface area contributed by atoms with E-state index < -0.39 is 0 Å². The summed E-state index contributed by atoms with van der Waals surface area (Å²) >= 11 is 0. The van der Waals surface area contributed by atoms with Gasteiger partial charge >= 0.3 is 0 Å². The van der Waals surface area contributed by atoms with E-state index in [1.807, 2.05) is 0 Å². The van der Waals surface area contributed by atoms with E-state index in [-0.39, 0.29) is 5.91 Å². The van der Waals surface area contributed by atoms with E-state index in [1.54, 1.807) is 33.5 Å². The lowest BCUT2D eigenvalue weighted by Gasteiger charge is -2.26. The standard InChI is InChI=1S/C20H29N3O5/c1-25-16-13-17(26-2)19(27-3)18-14(16)12-15(22-18)20(24)21-6-4-5-7-23-8-10-28-11-9-23/h12-13,22H,4-11H2,1-3H3,(H,21,24). The lowest BCUT2D eigenvalue weighted by Crippen LogP contribution is -2.37. The molecule has 1 aromatic carbocycles. The minimum absolute atomic E-state index is 0.148. The number of morpholine rings is 1. The highest BCUT2D eigenvalue weighted by molar-refractivity contribution is 6.02. The summed E-state index contributed by atoms with van der Waals surface area (Å²) < 4.78 is 21.6. The average Bonchev–Trinajstić information content (AvgIpc) is 3.18. The zero-order chi connectivity index (χ0) is 19.9. The Kier molecular flexibility index (Phi) is 7.00. The van der Waals surface area contributed by atoms with E-state index in [4.69, 9.17) is 18.9 Å². The number of benzene rings is 1. The minimum atomic E-state index is -0.148. The van der Waals surface area contributed by atoms with Gasteiger partial charge in [0.05, 0.1) is 40.1 Å². The molecule has 2 heterocycles. The normalized spacial score (nSPS) is 14.8. The van der Waals surface area contributed by atoms with Crippen LogP contribution in [0.25, 0.3) is 10.9 Å². The summed E-state index contributed by atoms with van der Waals surface area (Å²) in [6.07, 6.45) is 1.98. The molecule has 1 saturated heterocycles. The van der Waals surface area contributed by atoms with Gasteiger partial charge in [-0.1, -0.05) is 0 Å². The molecular weight excluding hydrogens is 362 g/mol. The van der Waals surface area contributed by atoms with Gasteiger partial charge in [-0.05, 0) is 25.5 Å². The van der Waals surface area contributed by atoms with E-state index in [9.17, 15) is 4.79 Å². The number of amides is 1. The van der Waals surface area contributed by atoms with Crippen LogP contribution in [0.15, 0.2) is 12.1 Å². The number of unbranched alkanes of at least 4 members (excludes halogenated alkanes) is 1. The van der Waals surface area contributed by atoms with E-state index >= 15 is 0 Å². The number of fused-ring (bicyclic) bond motifs is 1. The molecule has 0 bridgehead atoms. The summed E-state index contributed by atoms with van der Waals surface area (Å²) in [4.78, 5) is 18.1. The number of carbonyl (C=O) groups excluding carboxylic acids is 1. The maximum Gasteiger partial charge on any atom is 0.267 e. The van der Waals surface area contributed by atoms with Crippen molar-refractivity contribution in [3.63, 3.8) is 0 Å². The molecule has 1 aliphatic heterocycles. The van der Waals surface area contributed by atoms with Gasteiger partial charge in [-0.2, -0.15) is 0 Å². The van der Waals surface area contributed by atoms with Crippen LogP contribution in [0.2, 0.25) is 0 Å². The van der Waals surface area contributed by atoms with Crippen molar-refractivity contribution in [2.75, 3.05) is 60.7 Å². The van der Waals surface area contributed by atoms with Crippen LogP contribution in [-0.2, 0) is 4.74 Å². The highest BCUT2D eigenvalue weighted by atomic mass is 16.5. The van der Waals surface area contributed by atoms with Gasteiger partial charge in [-0.25, -0.2) is 0 Å². The van der Waals surface area contributed by atoms with Crippen LogP contribution in [0.4, 0.5) is 0 Å². The first kappa shape index (κ1) is 20.3. The molecular formula is C20H29N3O5. The van der Waals surface area contributed by atoms with Gasteiger partial charge in [0.25, 0.3) is 5.91 Å². The number of rotatable bonds is 9. The molecule has 8 heteroatoms. The summed E-state index contributed by atoms with van der Waals surface area (Å²) in [6.45, 7) is 5.29. The van der Waals surface area contributed by atoms with E-state index in [0.717, 1.165) is 51.1 Å². The smallest absolute Gasteiger partial charge is 0.267 e. The maximum absolute atomic E-state index is 12.6. The number of nitrogens with one attached hydrogen (secondary N) is 2. The largest absolute Gasteiger partial charge is 0.496 e. The Morgan fingerprint density at radius 1 is 1.11 bits per heavy atom. The second kappa shape index (κ2) is 9.66. The van der Waals surface area contributed by atoms with Gasteiger partial charge in [0, 0.05) is 31.1 Å². The third-order valence-corrected chi connectivity index (χ3v) is 4.98. The lowest BCUT2D eigenvalue weighted by molar-refractivity contribution is 0.0372. The Morgan fingerprint density at radius 2 is 1.86 bits per heavy atom. The first-order valence-electron chi connectivity index (χ1n) is 9.58. The number of carbonyl (C=O) groups is 1. The average molecular weight is 391 g/mol. The number of aromatic amines is 1. The van der Waals surface area contributed by atoms with Crippen LogP contribution in [0.5, 0.6) is 17.2 Å². The second-order valence-electron chi connectivity index (χ2n) is 6.70. The number of ether oxygens (including phenoxy) is 4. The SMILES string of the molecule is COc1cc(OC)c2cc(C(=O)NCCCCN3CCOCC3)[nH]c2c1OC. The predicted molar refractivity (Wildman–Crippen MR) is 107 cm³/mol. The molecule has 0 aliphatic carbocycles. The topological polar surface area (TPSA) is 85.0 Å². The van der Waals surface area contributed by atoms with Gasteiger partial charge in [0.1, 0.15) is 11.4 Å². The fourth-order valence-electron chi connectivity index (χ4n) is 3.44. The molecule has 0 spiro atoms. The molecule has 0 saturated carbocycles. The van der Waals surface area contributed by atoms with E-state index in [1.165, 1.54) is 0 Å². The number of methoxy groups -OCH3 is 3. The molecule has 2 N–H and O–H groups in total. The van der Waals surface area contributed by atoms with E-state index in [0.29, 0.717) is 35.0 Å². The Morgan fingerprint density at radius 3 is 2.54 bits per heavy atom. The Bertz CT molecular complexity index is 799. The zero-order valence-corrected chi connectivity index (χ0v) is 16.8. The molecule has 0 atom stereocenters. The fourth-order valence-corrected chi connectivity index (χ4v) is 3.44. The van der Waals surface area contributed by atoms with Crippen LogP contribution in [0, 0.1) is 0 Å². The summed E-state index contributed by atoms with van der Waals surface area (Å²) in [7, 11) is 4.72. The van der Waals surface area contributed by atoms with E-state index in [2.05, 4.69) is 15.2 Å². The highest BCUT2D eigenvalue weighted by Gasteiger charge is 2.19. The number of nitrogens with zero attached hydrogens (tertiary/aromatic N) is 1. The molecule has 2 aromatic rings. The monoisotopic (exact) mass is 391 g/mol. The molecule has 0 unspecified atom stereocenters. The third kappa shape index (κ3) is 4.51. The first-order chi connectivity index (χ1) is 13.7. The molecule has 1 amide bonds. The van der Waals surface area contributed by atoms with Gasteiger partial charge < -0.3 is 29.2 Å². The molecule has 1 fully saturated rings. The predicted octanol–water partition coefficient (Wildman–Crippen LogP) is 2.04. The summed E-state index contributed by atoms with van der Waals surface area (Å²) in [5.41, 5.74) is 1.14. The molecule has 1 aromatic heterocycles. The fraction of sp³-hybridized carbons (Fsp3) is 0.550. The Balaban J connectivity index is 1.60. The van der Waals surface area contributed by atoms with Crippen molar-refractivity contribution in [3.8, 4) is 17.2 Å². The Labute approximate surface area is 165 Å². The molecule has 0 radical (unpaired) electrons. The number of hydrogen-bond donors (Lipinski definition) is 2. The van der Waals surface area contributed by atoms with Crippen molar-refractivity contribution in [2.45, 2.75) is 12.8 Å². The Hall–Kier alpha value is -2.45. The number of hydrogen-bond acceptors (Lipinski definition) is 6. The quantitative estimate of drug-likeness (QED) is 0.637. The molecule has 28 heavy (non-hydrogen) atoms. The van der Waals surface area contributed by atoms with Gasteiger partial charge in [0.15, 0.2) is 11.5 Å². The van der Waals surface area contributed by atoms with Crippen LogP contribution >= 0.6 is 0 Å². The minimum Gasteiger partial charge on any atom is -0.496 e. The first-order valence-corrected chi connectivity index (χ1v) is 9.58. The second-order valence-corrected chi connectivity index (χ2v) is 6.70. The van der Waals surface area contributed by atoms with Crippen LogP contribution in [-0.4, -0.2) is 76.5 Å². The van der Waals surface area contributed by atoms with Crippen LogP contribution in [0.3, 0.4) is 0 Å².